The summed E-state index contributed by atoms with van der Waals surface area (Å²) in [7, 11) is 0. The van der Waals surface area contributed by atoms with Gasteiger partial charge in [-0.15, -0.1) is 6.58 Å². The van der Waals surface area contributed by atoms with Crippen LogP contribution < -0.4 is 0 Å². The topological polar surface area (TPSA) is 115 Å². The van der Waals surface area contributed by atoms with Gasteiger partial charge in [-0.25, -0.2) is 0 Å². The van der Waals surface area contributed by atoms with E-state index < -0.39 is 5.41 Å². The fourth-order valence-electron chi connectivity index (χ4n) is 17.7. The van der Waals surface area contributed by atoms with Gasteiger partial charge < -0.3 is 18.3 Å². The maximum atomic E-state index is 11.7. The van der Waals surface area contributed by atoms with E-state index in [-0.39, 0.29) is 29.7 Å². The molecule has 0 radical (unpaired) electrons. The second-order valence-corrected chi connectivity index (χ2v) is 27.2. The average Bonchev–Trinajstić information content (AvgIpc) is 1.62. The van der Waals surface area contributed by atoms with E-state index in [1.54, 1.807) is 0 Å². The first-order chi connectivity index (χ1) is 48.6. The lowest BCUT2D eigenvalue weighted by atomic mass is 9.63. The van der Waals surface area contributed by atoms with E-state index >= 15 is 0 Å². The van der Waals surface area contributed by atoms with E-state index in [2.05, 4.69) is 313 Å². The number of rotatable bonds is 12. The molecule has 8 heteroatoms. The zero-order chi connectivity index (χ0) is 67.2. The summed E-state index contributed by atoms with van der Waals surface area (Å²) in [4.78, 5) is 0. The summed E-state index contributed by atoms with van der Waals surface area (Å²) in [6, 6.07) is 94.3. The predicted molar refractivity (Wildman–Crippen MR) is 405 cm³/mol. The number of benzene rings is 11. The summed E-state index contributed by atoms with van der Waals surface area (Å²) < 4.78 is 9.59. The molecule has 6 unspecified atom stereocenters. The van der Waals surface area contributed by atoms with Crippen LogP contribution in [0.1, 0.15) is 91.8 Å². The predicted octanol–water partition coefficient (Wildman–Crippen LogP) is 22.7. The Morgan fingerprint density at radius 1 is 0.525 bits per heavy atom. The standard InChI is InChI=1S/C91H68N8/c1-5-46-91(4,78(6-2)75-48-59(54-93)37-42-86(75)98-82-34-15-10-27-70(82)73-47-58(53-92)36-41-85(73)98)63-22-19-24-65(52-63)97-81-33-14-9-28-71(81)74-51-62(39-44-84(74)97)66-40-45-88-90(77(66)56-95)72-29-11-16-35-83(72)99(88)87-43-38-60(55-94)49-76(87)89-57(3)20-17-30-67(89)61-21-18-23-64(50-61)96-79-31-12-7-25-68(79)69-26-8-13-32-80(69)96/h5-36,38-41,43-45,47,49-52,57,59,75,86,89H,1,37,42,46,48H2,2-4H3/b78-6-. The Kier molecular flexibility index (Phi) is 14.6. The molecular weight excluding hydrogens is 1210 g/mol. The SMILES string of the molecule is C=CCC(C)(/C(=C\C)C1CC(C#N)CCC1n1c2ccccc2c2cc(C#N)ccc21)c1cccc(-n2c3ccccc3c3cc(-c4ccc5c(c4C#N)c4ccccc4n5-c4ccc(C#N)cc4C4C(c5cccc(-n6c7ccccc7c7ccccc76)c5)=CC=CC4C)ccc32)c1. The highest BCUT2D eigenvalue weighted by molar-refractivity contribution is 6.16. The number of para-hydroxylation sites is 5. The van der Waals surface area contributed by atoms with Crippen molar-refractivity contribution in [3.8, 4) is 52.5 Å². The molecule has 6 atom stereocenters. The minimum absolute atomic E-state index is 0.0220. The molecule has 0 amide bonds. The van der Waals surface area contributed by atoms with Gasteiger partial charge in [-0.05, 0) is 176 Å². The number of hydrogen-bond acceptors (Lipinski definition) is 4. The maximum Gasteiger partial charge on any atom is 0.101 e. The molecule has 17 rings (SSSR count). The molecule has 99 heavy (non-hydrogen) atoms. The molecule has 4 aromatic heterocycles. The highest BCUT2D eigenvalue weighted by atomic mass is 15.0. The summed E-state index contributed by atoms with van der Waals surface area (Å²) in [5.41, 5.74) is 20.5. The van der Waals surface area contributed by atoms with Gasteiger partial charge in [0, 0.05) is 100 Å². The van der Waals surface area contributed by atoms with E-state index in [9.17, 15) is 21.0 Å². The van der Waals surface area contributed by atoms with Gasteiger partial charge in [0.2, 0.25) is 0 Å². The van der Waals surface area contributed by atoms with Crippen molar-refractivity contribution in [3.63, 3.8) is 0 Å². The molecule has 0 saturated heterocycles. The first kappa shape index (κ1) is 60.2. The fourth-order valence-corrected chi connectivity index (χ4v) is 17.7. The van der Waals surface area contributed by atoms with Crippen molar-refractivity contribution in [2.75, 3.05) is 0 Å². The van der Waals surface area contributed by atoms with Gasteiger partial charge in [0.05, 0.1) is 73.7 Å². The Hall–Kier alpha value is -12.5. The highest BCUT2D eigenvalue weighted by Crippen LogP contribution is 2.53. The molecule has 0 bridgehead atoms. The minimum atomic E-state index is -0.503. The van der Waals surface area contributed by atoms with Gasteiger partial charge in [0.1, 0.15) is 6.07 Å². The molecule has 2 aliphatic carbocycles. The van der Waals surface area contributed by atoms with Crippen LogP contribution in [0.25, 0.3) is 121 Å². The molecule has 4 heterocycles. The molecule has 15 aromatic rings. The third kappa shape index (κ3) is 9.44. The summed E-state index contributed by atoms with van der Waals surface area (Å²) in [5.74, 6) is -0.138. The van der Waals surface area contributed by atoms with Crippen molar-refractivity contribution < 1.29 is 0 Å². The van der Waals surface area contributed by atoms with Crippen LogP contribution >= 0.6 is 0 Å². The van der Waals surface area contributed by atoms with Crippen LogP contribution in [0.4, 0.5) is 0 Å². The number of nitrogens with zero attached hydrogens (tertiary/aromatic N) is 8. The molecule has 8 nitrogen and oxygen atoms in total. The third-order valence-electron chi connectivity index (χ3n) is 22.0. The van der Waals surface area contributed by atoms with Crippen LogP contribution in [0.3, 0.4) is 0 Å². The van der Waals surface area contributed by atoms with E-state index in [1.807, 2.05) is 24.3 Å². The van der Waals surface area contributed by atoms with E-state index in [0.717, 1.165) is 146 Å². The lowest BCUT2D eigenvalue weighted by Crippen LogP contribution is -2.36. The van der Waals surface area contributed by atoms with Crippen molar-refractivity contribution >= 4 is 92.8 Å². The summed E-state index contributed by atoms with van der Waals surface area (Å²) >= 11 is 0. The lowest BCUT2D eigenvalue weighted by Gasteiger charge is -2.44. The Morgan fingerprint density at radius 2 is 1.09 bits per heavy atom. The Bertz CT molecular complexity index is 6130. The molecule has 0 aliphatic heterocycles. The van der Waals surface area contributed by atoms with Crippen molar-refractivity contribution in [3.05, 3.63) is 313 Å². The van der Waals surface area contributed by atoms with Crippen LogP contribution in [0.2, 0.25) is 0 Å². The van der Waals surface area contributed by atoms with Crippen LogP contribution in [0, 0.1) is 63.1 Å². The van der Waals surface area contributed by atoms with Gasteiger partial charge in [-0.3, -0.25) is 0 Å². The van der Waals surface area contributed by atoms with Gasteiger partial charge in [0.25, 0.3) is 0 Å². The molecule has 472 valence electrons. The van der Waals surface area contributed by atoms with Crippen LogP contribution in [0.5, 0.6) is 0 Å². The molecule has 11 aromatic carbocycles. The van der Waals surface area contributed by atoms with Crippen LogP contribution in [-0.4, -0.2) is 18.3 Å². The number of hydrogen-bond donors (Lipinski definition) is 0. The van der Waals surface area contributed by atoms with E-state index in [0.29, 0.717) is 23.1 Å². The van der Waals surface area contributed by atoms with Crippen molar-refractivity contribution in [1.29, 1.82) is 21.0 Å². The fraction of sp³-hybridized carbons (Fsp3) is 0.143. The molecular formula is C91H68N8. The van der Waals surface area contributed by atoms with Crippen molar-refractivity contribution in [1.82, 2.24) is 18.3 Å². The quantitative estimate of drug-likeness (QED) is 0.113. The molecule has 1 fully saturated rings. The number of allylic oxidation sites excluding steroid dienone is 7. The Balaban J connectivity index is 0.764. The monoisotopic (exact) mass is 1270 g/mol. The maximum absolute atomic E-state index is 11.7. The molecule has 0 N–H and O–H groups in total. The largest absolute Gasteiger partial charge is 0.337 e. The van der Waals surface area contributed by atoms with Crippen molar-refractivity contribution in [2.24, 2.45) is 17.8 Å². The summed E-state index contributed by atoms with van der Waals surface area (Å²) in [6.45, 7) is 11.2. The van der Waals surface area contributed by atoms with Gasteiger partial charge in [-0.1, -0.05) is 177 Å². The van der Waals surface area contributed by atoms with Crippen LogP contribution in [-0.2, 0) is 5.41 Å². The molecule has 1 saturated carbocycles. The minimum Gasteiger partial charge on any atom is -0.337 e. The second kappa shape index (κ2) is 24.0. The first-order valence-corrected chi connectivity index (χ1v) is 34.4. The zero-order valence-electron chi connectivity index (χ0n) is 55.4. The summed E-state index contributed by atoms with van der Waals surface area (Å²) in [5, 5.41) is 51.7. The van der Waals surface area contributed by atoms with Crippen molar-refractivity contribution in [2.45, 2.75) is 63.8 Å². The van der Waals surface area contributed by atoms with Gasteiger partial charge in [-0.2, -0.15) is 21.0 Å². The normalized spacial score (nSPS) is 17.8. The Morgan fingerprint density at radius 3 is 1.76 bits per heavy atom. The Labute approximate surface area is 575 Å². The van der Waals surface area contributed by atoms with E-state index in [1.165, 1.54) is 16.3 Å². The first-order valence-electron chi connectivity index (χ1n) is 34.4. The third-order valence-corrected chi connectivity index (χ3v) is 22.0. The van der Waals surface area contributed by atoms with Gasteiger partial charge >= 0.3 is 0 Å². The number of fused-ring (bicyclic) bond motifs is 12. The van der Waals surface area contributed by atoms with Gasteiger partial charge in [0.15, 0.2) is 0 Å². The smallest absolute Gasteiger partial charge is 0.101 e. The molecule has 2 aliphatic rings. The number of aromatic nitrogens is 4. The highest BCUT2D eigenvalue weighted by Gasteiger charge is 2.43. The van der Waals surface area contributed by atoms with E-state index in [4.69, 9.17) is 0 Å². The van der Waals surface area contributed by atoms with Crippen LogP contribution in [0.15, 0.2) is 279 Å². The zero-order valence-corrected chi connectivity index (χ0v) is 55.4. The second-order valence-electron chi connectivity index (χ2n) is 27.2. The lowest BCUT2D eigenvalue weighted by molar-refractivity contribution is 0.228. The molecule has 0 spiro atoms. The summed E-state index contributed by atoms with van der Waals surface area (Å²) in [6.07, 6.45) is 14.1. The number of nitriles is 4. The average molecular weight is 1270 g/mol.